The molecule has 9 nitrogen and oxygen atoms in total. The largest absolute Gasteiger partial charge is 0.493 e. The number of nitrogens with one attached hydrogen (secondary N) is 1. The van der Waals surface area contributed by atoms with E-state index >= 15 is 0 Å². The molecule has 32 heavy (non-hydrogen) atoms. The fourth-order valence-corrected chi connectivity index (χ4v) is 3.81. The number of carbonyl (C=O) groups is 2. The number of hydrogen-bond acceptors (Lipinski definition) is 7. The van der Waals surface area contributed by atoms with Gasteiger partial charge < -0.3 is 30.2 Å². The lowest BCUT2D eigenvalue weighted by molar-refractivity contribution is -0.122. The first-order valence-electron chi connectivity index (χ1n) is 10.5. The molecule has 2 aromatic rings. The Morgan fingerprint density at radius 1 is 1.28 bits per heavy atom. The van der Waals surface area contributed by atoms with Crippen molar-refractivity contribution in [2.24, 2.45) is 11.7 Å². The van der Waals surface area contributed by atoms with Crippen molar-refractivity contribution in [3.63, 3.8) is 0 Å². The van der Waals surface area contributed by atoms with E-state index in [4.69, 9.17) is 19.9 Å². The zero-order valence-electron chi connectivity index (χ0n) is 17.9. The minimum absolute atomic E-state index is 0.158. The van der Waals surface area contributed by atoms with Gasteiger partial charge in [0.05, 0.1) is 24.9 Å². The average Bonchev–Trinajstić information content (AvgIpc) is 2.82. The van der Waals surface area contributed by atoms with Crippen LogP contribution in [0, 0.1) is 5.92 Å². The van der Waals surface area contributed by atoms with Gasteiger partial charge in [0.2, 0.25) is 17.6 Å². The number of anilines is 2. The number of methoxy groups -OCH3 is 1. The van der Waals surface area contributed by atoms with Gasteiger partial charge in [-0.1, -0.05) is 0 Å². The standard InChI is InChI=1S/C23H26N4O5/c1-30-18-11-15(12-19-22(18)32-10-9-31-19)4-7-21(28)26-17-5-6-20(25-13-17)27-8-2-3-16(14-27)23(24)29/h4-7,11-13,16H,2-3,8-10,14H2,1H3,(H2,24,29)(H,26,28)/b7-4+. The topological polar surface area (TPSA) is 116 Å². The quantitative estimate of drug-likeness (QED) is 0.664. The fourth-order valence-electron chi connectivity index (χ4n) is 3.81. The Balaban J connectivity index is 1.38. The Morgan fingerprint density at radius 3 is 2.88 bits per heavy atom. The van der Waals surface area contributed by atoms with Crippen LogP contribution in [0.5, 0.6) is 17.2 Å². The summed E-state index contributed by atoms with van der Waals surface area (Å²) in [6.07, 6.45) is 6.41. The monoisotopic (exact) mass is 438 g/mol. The van der Waals surface area contributed by atoms with Gasteiger partial charge in [0.1, 0.15) is 19.0 Å². The second kappa shape index (κ2) is 9.59. The maximum absolute atomic E-state index is 12.4. The van der Waals surface area contributed by atoms with E-state index in [9.17, 15) is 9.59 Å². The van der Waals surface area contributed by atoms with Gasteiger partial charge in [-0.15, -0.1) is 0 Å². The number of primary amides is 1. The number of pyridine rings is 1. The maximum atomic E-state index is 12.4. The van der Waals surface area contributed by atoms with Crippen molar-refractivity contribution in [2.75, 3.05) is 43.6 Å². The minimum Gasteiger partial charge on any atom is -0.493 e. The number of ether oxygens (including phenoxy) is 3. The number of benzene rings is 1. The van der Waals surface area contributed by atoms with E-state index in [0.29, 0.717) is 42.7 Å². The van der Waals surface area contributed by atoms with E-state index in [2.05, 4.69) is 10.3 Å². The lowest BCUT2D eigenvalue weighted by atomic mass is 9.97. The van der Waals surface area contributed by atoms with E-state index in [1.165, 1.54) is 6.08 Å². The number of rotatable bonds is 6. The van der Waals surface area contributed by atoms with Gasteiger partial charge in [-0.25, -0.2) is 4.98 Å². The normalized spacial score (nSPS) is 17.8. The molecule has 1 unspecified atom stereocenters. The molecule has 0 radical (unpaired) electrons. The third kappa shape index (κ3) is 4.93. The SMILES string of the molecule is COc1cc(/C=C/C(=O)Nc2ccc(N3CCCC(C(N)=O)C3)nc2)cc2c1OCCO2. The Morgan fingerprint density at radius 2 is 2.12 bits per heavy atom. The summed E-state index contributed by atoms with van der Waals surface area (Å²) in [5, 5.41) is 2.79. The van der Waals surface area contributed by atoms with Gasteiger partial charge in [0, 0.05) is 19.2 Å². The van der Waals surface area contributed by atoms with Crippen molar-refractivity contribution in [2.45, 2.75) is 12.8 Å². The van der Waals surface area contributed by atoms with Gasteiger partial charge in [0.25, 0.3) is 0 Å². The number of nitrogens with zero attached hydrogens (tertiary/aromatic N) is 2. The Labute approximate surface area is 186 Å². The predicted molar refractivity (Wildman–Crippen MR) is 120 cm³/mol. The zero-order chi connectivity index (χ0) is 22.5. The van der Waals surface area contributed by atoms with Crippen molar-refractivity contribution >= 4 is 29.4 Å². The van der Waals surface area contributed by atoms with E-state index in [1.807, 2.05) is 11.0 Å². The maximum Gasteiger partial charge on any atom is 0.248 e. The molecule has 1 aromatic heterocycles. The van der Waals surface area contributed by atoms with Gasteiger partial charge >= 0.3 is 0 Å². The van der Waals surface area contributed by atoms with Crippen molar-refractivity contribution in [1.29, 1.82) is 0 Å². The van der Waals surface area contributed by atoms with Crippen LogP contribution < -0.4 is 30.2 Å². The minimum atomic E-state index is -0.292. The van der Waals surface area contributed by atoms with Crippen molar-refractivity contribution in [1.82, 2.24) is 4.98 Å². The van der Waals surface area contributed by atoms with Crippen molar-refractivity contribution < 1.29 is 23.8 Å². The molecule has 168 valence electrons. The predicted octanol–water partition coefficient (Wildman–Crippen LogP) is 2.21. The summed E-state index contributed by atoms with van der Waals surface area (Å²) in [5.41, 5.74) is 6.78. The molecule has 1 fully saturated rings. The highest BCUT2D eigenvalue weighted by Gasteiger charge is 2.24. The molecule has 1 atom stereocenters. The second-order valence-electron chi connectivity index (χ2n) is 7.66. The zero-order valence-corrected chi connectivity index (χ0v) is 17.9. The third-order valence-corrected chi connectivity index (χ3v) is 5.44. The van der Waals surface area contributed by atoms with E-state index in [-0.39, 0.29) is 17.7 Å². The number of amides is 2. The molecule has 0 bridgehead atoms. The van der Waals surface area contributed by atoms with Crippen LogP contribution in [0.4, 0.5) is 11.5 Å². The average molecular weight is 438 g/mol. The molecule has 4 rings (SSSR count). The molecule has 2 aliphatic rings. The van der Waals surface area contributed by atoms with Crippen LogP contribution in [-0.4, -0.2) is 50.2 Å². The molecule has 2 amide bonds. The van der Waals surface area contributed by atoms with E-state index in [0.717, 1.165) is 30.8 Å². The lowest BCUT2D eigenvalue weighted by Crippen LogP contribution is -2.41. The number of hydrogen-bond donors (Lipinski definition) is 2. The fraction of sp³-hybridized carbons (Fsp3) is 0.348. The smallest absolute Gasteiger partial charge is 0.248 e. The summed E-state index contributed by atoms with van der Waals surface area (Å²) >= 11 is 0. The van der Waals surface area contributed by atoms with Crippen LogP contribution in [0.15, 0.2) is 36.5 Å². The van der Waals surface area contributed by atoms with Crippen LogP contribution in [0.2, 0.25) is 0 Å². The number of aromatic nitrogens is 1. The van der Waals surface area contributed by atoms with Crippen LogP contribution in [-0.2, 0) is 9.59 Å². The molecule has 1 saturated heterocycles. The highest BCUT2D eigenvalue weighted by molar-refractivity contribution is 6.02. The van der Waals surface area contributed by atoms with Crippen molar-refractivity contribution in [3.05, 3.63) is 42.1 Å². The summed E-state index contributed by atoms with van der Waals surface area (Å²) < 4.78 is 16.6. The molecular formula is C23H26N4O5. The first kappa shape index (κ1) is 21.5. The molecule has 0 aliphatic carbocycles. The highest BCUT2D eigenvalue weighted by Crippen LogP contribution is 2.40. The summed E-state index contributed by atoms with van der Waals surface area (Å²) in [5.74, 6) is 1.75. The summed E-state index contributed by atoms with van der Waals surface area (Å²) in [6, 6.07) is 7.20. The first-order valence-corrected chi connectivity index (χ1v) is 10.5. The van der Waals surface area contributed by atoms with E-state index < -0.39 is 0 Å². The van der Waals surface area contributed by atoms with Crippen LogP contribution >= 0.6 is 0 Å². The van der Waals surface area contributed by atoms with Gasteiger partial charge in [-0.2, -0.15) is 0 Å². The molecule has 3 N–H and O–H groups in total. The second-order valence-corrected chi connectivity index (χ2v) is 7.66. The van der Waals surface area contributed by atoms with Crippen LogP contribution in [0.25, 0.3) is 6.08 Å². The first-order chi connectivity index (χ1) is 15.5. The van der Waals surface area contributed by atoms with Crippen LogP contribution in [0.1, 0.15) is 18.4 Å². The molecule has 2 aliphatic heterocycles. The molecular weight excluding hydrogens is 412 g/mol. The van der Waals surface area contributed by atoms with Gasteiger partial charge in [-0.05, 0) is 48.7 Å². The Hall–Kier alpha value is -3.75. The lowest BCUT2D eigenvalue weighted by Gasteiger charge is -2.32. The number of nitrogens with two attached hydrogens (primary N) is 1. The summed E-state index contributed by atoms with van der Waals surface area (Å²) in [7, 11) is 1.56. The van der Waals surface area contributed by atoms with E-state index in [1.54, 1.807) is 37.6 Å². The molecule has 9 heteroatoms. The summed E-state index contributed by atoms with van der Waals surface area (Å²) in [6.45, 7) is 2.32. The Bertz CT molecular complexity index is 1000. The van der Waals surface area contributed by atoms with Crippen LogP contribution in [0.3, 0.4) is 0 Å². The number of piperidine rings is 1. The molecule has 0 saturated carbocycles. The number of fused-ring (bicyclic) bond motifs is 1. The molecule has 3 heterocycles. The highest BCUT2D eigenvalue weighted by atomic mass is 16.6. The Kier molecular flexibility index (Phi) is 6.44. The molecule has 0 spiro atoms. The molecule has 1 aromatic carbocycles. The van der Waals surface area contributed by atoms with Gasteiger partial charge in [-0.3, -0.25) is 9.59 Å². The van der Waals surface area contributed by atoms with Gasteiger partial charge in [0.15, 0.2) is 11.5 Å². The number of carbonyl (C=O) groups excluding carboxylic acids is 2. The summed E-state index contributed by atoms with van der Waals surface area (Å²) in [4.78, 5) is 30.3. The van der Waals surface area contributed by atoms with Crippen molar-refractivity contribution in [3.8, 4) is 17.2 Å². The third-order valence-electron chi connectivity index (χ3n) is 5.44.